The first-order valence-corrected chi connectivity index (χ1v) is 6.74. The molecule has 2 rings (SSSR count). The highest BCUT2D eigenvalue weighted by atomic mass is 32.1. The number of anilines is 1. The van der Waals surface area contributed by atoms with Crippen LogP contribution in [0.5, 0.6) is 5.75 Å². The molecule has 19 heavy (non-hydrogen) atoms. The second-order valence-corrected chi connectivity index (χ2v) is 5.17. The first-order chi connectivity index (χ1) is 9.11. The molecular formula is C14H16N2O2S. The van der Waals surface area contributed by atoms with E-state index in [2.05, 4.69) is 5.32 Å². The van der Waals surface area contributed by atoms with Crippen molar-refractivity contribution in [3.63, 3.8) is 0 Å². The van der Waals surface area contributed by atoms with Crippen molar-refractivity contribution in [2.24, 2.45) is 5.73 Å². The summed E-state index contributed by atoms with van der Waals surface area (Å²) in [5.74, 6) is 0.385. The molecule has 3 N–H and O–H groups in total. The Morgan fingerprint density at radius 1 is 1.42 bits per heavy atom. The van der Waals surface area contributed by atoms with Crippen LogP contribution >= 0.6 is 11.3 Å². The molecule has 2 aromatic rings. The van der Waals surface area contributed by atoms with Gasteiger partial charge >= 0.3 is 0 Å². The number of aryl methyl sites for hydroxylation is 1. The highest BCUT2D eigenvalue weighted by Crippen LogP contribution is 2.26. The maximum absolute atomic E-state index is 12.1. The van der Waals surface area contributed by atoms with Gasteiger partial charge in [-0.15, -0.1) is 11.3 Å². The number of methoxy groups -OCH3 is 1. The van der Waals surface area contributed by atoms with Crippen molar-refractivity contribution < 1.29 is 9.53 Å². The molecule has 100 valence electrons. The van der Waals surface area contributed by atoms with Gasteiger partial charge in [0, 0.05) is 4.88 Å². The Hall–Kier alpha value is -1.85. The SMILES string of the molecule is COc1cc(C)ccc1NC(=O)C(N)c1cccs1. The number of thiophene rings is 1. The molecule has 0 saturated heterocycles. The molecule has 0 radical (unpaired) electrons. The van der Waals surface area contributed by atoms with E-state index in [0.717, 1.165) is 10.4 Å². The van der Waals surface area contributed by atoms with Crippen LogP contribution in [0.4, 0.5) is 5.69 Å². The van der Waals surface area contributed by atoms with Crippen molar-refractivity contribution >= 4 is 22.9 Å². The summed E-state index contributed by atoms with van der Waals surface area (Å²) in [7, 11) is 1.57. The molecular weight excluding hydrogens is 260 g/mol. The second kappa shape index (κ2) is 5.86. The van der Waals surface area contributed by atoms with E-state index in [1.165, 1.54) is 11.3 Å². The van der Waals surface area contributed by atoms with Gasteiger partial charge in [-0.1, -0.05) is 12.1 Å². The number of nitrogens with two attached hydrogens (primary N) is 1. The molecule has 0 fully saturated rings. The zero-order valence-electron chi connectivity index (χ0n) is 10.8. The Balaban J connectivity index is 2.15. The number of carbonyl (C=O) groups excluding carboxylic acids is 1. The largest absolute Gasteiger partial charge is 0.495 e. The molecule has 1 amide bonds. The van der Waals surface area contributed by atoms with Crippen molar-refractivity contribution in [2.75, 3.05) is 12.4 Å². The van der Waals surface area contributed by atoms with Crippen LogP contribution in [-0.2, 0) is 4.79 Å². The summed E-state index contributed by atoms with van der Waals surface area (Å²) in [4.78, 5) is 12.9. The number of ether oxygens (including phenoxy) is 1. The number of hydrogen-bond donors (Lipinski definition) is 2. The van der Waals surface area contributed by atoms with E-state index in [9.17, 15) is 4.79 Å². The number of amides is 1. The van der Waals surface area contributed by atoms with E-state index < -0.39 is 6.04 Å². The zero-order valence-corrected chi connectivity index (χ0v) is 11.7. The minimum Gasteiger partial charge on any atom is -0.495 e. The Bertz CT molecular complexity index is 567. The quantitative estimate of drug-likeness (QED) is 0.902. The summed E-state index contributed by atoms with van der Waals surface area (Å²) in [5.41, 5.74) is 7.61. The minimum atomic E-state index is -0.661. The third-order valence-corrected chi connectivity index (χ3v) is 3.70. The van der Waals surface area contributed by atoms with Gasteiger partial charge in [-0.25, -0.2) is 0 Å². The molecule has 0 aliphatic rings. The van der Waals surface area contributed by atoms with Gasteiger partial charge in [-0.3, -0.25) is 4.79 Å². The zero-order chi connectivity index (χ0) is 13.8. The topological polar surface area (TPSA) is 64.3 Å². The number of carbonyl (C=O) groups is 1. The third kappa shape index (κ3) is 3.13. The third-order valence-electron chi connectivity index (χ3n) is 2.75. The van der Waals surface area contributed by atoms with Crippen LogP contribution in [0.3, 0.4) is 0 Å². The molecule has 0 bridgehead atoms. The lowest BCUT2D eigenvalue weighted by atomic mass is 10.2. The molecule has 0 saturated carbocycles. The van der Waals surface area contributed by atoms with E-state index in [1.54, 1.807) is 7.11 Å². The standard InChI is InChI=1S/C14H16N2O2S/c1-9-5-6-10(11(8-9)18-2)16-14(17)13(15)12-4-3-7-19-12/h3-8,13H,15H2,1-2H3,(H,16,17). The van der Waals surface area contributed by atoms with Gasteiger partial charge in [0.15, 0.2) is 0 Å². The summed E-state index contributed by atoms with van der Waals surface area (Å²) in [5, 5.41) is 4.69. The monoisotopic (exact) mass is 276 g/mol. The fraction of sp³-hybridized carbons (Fsp3) is 0.214. The van der Waals surface area contributed by atoms with E-state index in [1.807, 2.05) is 42.6 Å². The molecule has 4 nitrogen and oxygen atoms in total. The Morgan fingerprint density at radius 2 is 2.21 bits per heavy atom. The van der Waals surface area contributed by atoms with E-state index in [-0.39, 0.29) is 5.91 Å². The Kier molecular flexibility index (Phi) is 4.19. The smallest absolute Gasteiger partial charge is 0.246 e. The lowest BCUT2D eigenvalue weighted by Crippen LogP contribution is -2.27. The van der Waals surface area contributed by atoms with Gasteiger partial charge in [0.2, 0.25) is 5.91 Å². The summed E-state index contributed by atoms with van der Waals surface area (Å²) in [6.45, 7) is 1.96. The maximum Gasteiger partial charge on any atom is 0.246 e. The average Bonchev–Trinajstić information content (AvgIpc) is 2.93. The Labute approximate surface area is 116 Å². The molecule has 1 unspecified atom stereocenters. The van der Waals surface area contributed by atoms with Crippen LogP contribution in [0.25, 0.3) is 0 Å². The second-order valence-electron chi connectivity index (χ2n) is 4.19. The van der Waals surface area contributed by atoms with Gasteiger partial charge in [0.1, 0.15) is 11.8 Å². The van der Waals surface area contributed by atoms with Gasteiger partial charge < -0.3 is 15.8 Å². The fourth-order valence-corrected chi connectivity index (χ4v) is 2.43. The lowest BCUT2D eigenvalue weighted by Gasteiger charge is -2.14. The molecule has 0 aliphatic heterocycles. The van der Waals surface area contributed by atoms with E-state index in [0.29, 0.717) is 11.4 Å². The number of nitrogens with one attached hydrogen (secondary N) is 1. The van der Waals surface area contributed by atoms with Crippen LogP contribution in [-0.4, -0.2) is 13.0 Å². The van der Waals surface area contributed by atoms with Crippen molar-refractivity contribution in [1.82, 2.24) is 0 Å². The highest BCUT2D eigenvalue weighted by molar-refractivity contribution is 7.10. The molecule has 0 aliphatic carbocycles. The van der Waals surface area contributed by atoms with Crippen LogP contribution in [0, 0.1) is 6.92 Å². The first-order valence-electron chi connectivity index (χ1n) is 5.86. The predicted molar refractivity (Wildman–Crippen MR) is 77.6 cm³/mol. The lowest BCUT2D eigenvalue weighted by molar-refractivity contribution is -0.117. The van der Waals surface area contributed by atoms with Gasteiger partial charge in [-0.2, -0.15) is 0 Å². The minimum absolute atomic E-state index is 0.246. The van der Waals surface area contributed by atoms with Gasteiger partial charge in [0.25, 0.3) is 0 Å². The van der Waals surface area contributed by atoms with Crippen molar-refractivity contribution in [3.8, 4) is 5.75 Å². The first kappa shape index (κ1) is 13.6. The normalized spacial score (nSPS) is 11.9. The van der Waals surface area contributed by atoms with Gasteiger partial charge in [-0.05, 0) is 36.1 Å². The number of benzene rings is 1. The van der Waals surface area contributed by atoms with Crippen LogP contribution < -0.4 is 15.8 Å². The molecule has 1 atom stereocenters. The fourth-order valence-electron chi connectivity index (χ4n) is 1.71. The van der Waals surface area contributed by atoms with Crippen molar-refractivity contribution in [3.05, 3.63) is 46.2 Å². The molecule has 5 heteroatoms. The summed E-state index contributed by atoms with van der Waals surface area (Å²) >= 11 is 1.47. The van der Waals surface area contributed by atoms with E-state index >= 15 is 0 Å². The van der Waals surface area contributed by atoms with Crippen molar-refractivity contribution in [2.45, 2.75) is 13.0 Å². The summed E-state index contributed by atoms with van der Waals surface area (Å²) in [6, 6.07) is 8.65. The van der Waals surface area contributed by atoms with Crippen LogP contribution in [0.1, 0.15) is 16.5 Å². The van der Waals surface area contributed by atoms with Gasteiger partial charge in [0.05, 0.1) is 12.8 Å². The number of rotatable bonds is 4. The summed E-state index contributed by atoms with van der Waals surface area (Å²) < 4.78 is 5.24. The predicted octanol–water partition coefficient (Wildman–Crippen LogP) is 2.70. The van der Waals surface area contributed by atoms with Crippen molar-refractivity contribution in [1.29, 1.82) is 0 Å². The molecule has 0 spiro atoms. The molecule has 1 aromatic heterocycles. The van der Waals surface area contributed by atoms with Crippen LogP contribution in [0.15, 0.2) is 35.7 Å². The summed E-state index contributed by atoms with van der Waals surface area (Å²) in [6.07, 6.45) is 0. The highest BCUT2D eigenvalue weighted by Gasteiger charge is 2.18. The Morgan fingerprint density at radius 3 is 2.84 bits per heavy atom. The van der Waals surface area contributed by atoms with Crippen LogP contribution in [0.2, 0.25) is 0 Å². The maximum atomic E-state index is 12.1. The number of hydrogen-bond acceptors (Lipinski definition) is 4. The average molecular weight is 276 g/mol. The van der Waals surface area contributed by atoms with E-state index in [4.69, 9.17) is 10.5 Å². The molecule has 1 heterocycles. The molecule has 1 aromatic carbocycles.